The minimum Gasteiger partial charge on any atom is -0.305 e. The third-order valence-corrected chi connectivity index (χ3v) is 1.40. The lowest BCUT2D eigenvalue weighted by Crippen LogP contribution is -2.50. The molecule has 50 valence electrons. The van der Waals surface area contributed by atoms with Crippen molar-refractivity contribution in [3.8, 4) is 0 Å². The van der Waals surface area contributed by atoms with Crippen LogP contribution in [-0.4, -0.2) is 25.0 Å². The van der Waals surface area contributed by atoms with Gasteiger partial charge in [-0.1, -0.05) is 21.3 Å². The van der Waals surface area contributed by atoms with Crippen LogP contribution >= 0.6 is 0 Å². The van der Waals surface area contributed by atoms with Gasteiger partial charge < -0.3 is 4.90 Å². The molecule has 0 amide bonds. The van der Waals surface area contributed by atoms with Crippen molar-refractivity contribution in [3.05, 3.63) is 0 Å². The van der Waals surface area contributed by atoms with Crippen LogP contribution in [0.1, 0.15) is 21.3 Å². The van der Waals surface area contributed by atoms with Crippen molar-refractivity contribution in [3.63, 3.8) is 0 Å². The van der Waals surface area contributed by atoms with Crippen LogP contribution < -0.4 is 0 Å². The van der Waals surface area contributed by atoms with Crippen molar-refractivity contribution in [2.24, 2.45) is 5.41 Å². The van der Waals surface area contributed by atoms with Gasteiger partial charge in [-0.3, -0.25) is 0 Å². The first-order valence-electron chi connectivity index (χ1n) is 2.79. The van der Waals surface area contributed by atoms with Crippen LogP contribution in [0.15, 0.2) is 0 Å². The fourth-order valence-corrected chi connectivity index (χ4v) is 1.42. The van der Waals surface area contributed by atoms with Gasteiger partial charge in [0.1, 0.15) is 0 Å². The largest absolute Gasteiger partial charge is 0.305 e. The molecule has 0 aromatic rings. The maximum Gasteiger partial charge on any atom is 0.00421 e. The molecular formula is C7H17N. The Labute approximate surface area is 52.7 Å². The fourth-order valence-electron chi connectivity index (χ4n) is 1.42. The molecule has 1 rings (SSSR count). The molecule has 0 radical (unpaired) electrons. The van der Waals surface area contributed by atoms with E-state index in [1.54, 1.807) is 0 Å². The minimum absolute atomic E-state index is 0. The standard InChI is InChI=1S/C6H13N.CH4/c1-6(2)4-7(3)5-6;/h4-5H2,1-3H3;1H4. The Bertz CT molecular complexity index is 68.5. The average Bonchev–Trinajstić information content (AvgIpc) is 1.27. The van der Waals surface area contributed by atoms with E-state index in [0.29, 0.717) is 5.41 Å². The summed E-state index contributed by atoms with van der Waals surface area (Å²) in [6.45, 7) is 7.14. The highest BCUT2D eigenvalue weighted by Crippen LogP contribution is 2.26. The highest BCUT2D eigenvalue weighted by atomic mass is 15.2. The Morgan fingerprint density at radius 2 is 1.62 bits per heavy atom. The summed E-state index contributed by atoms with van der Waals surface area (Å²) in [6, 6.07) is 0. The van der Waals surface area contributed by atoms with E-state index in [2.05, 4.69) is 25.8 Å². The first-order valence-corrected chi connectivity index (χ1v) is 2.79. The van der Waals surface area contributed by atoms with Gasteiger partial charge in [-0.05, 0) is 12.5 Å². The Kier molecular flexibility index (Phi) is 2.05. The van der Waals surface area contributed by atoms with E-state index in [0.717, 1.165) is 0 Å². The van der Waals surface area contributed by atoms with Gasteiger partial charge in [-0.2, -0.15) is 0 Å². The molecule has 1 heteroatoms. The lowest BCUT2D eigenvalue weighted by Gasteiger charge is -2.43. The summed E-state index contributed by atoms with van der Waals surface area (Å²) in [5.74, 6) is 0. The molecule has 0 aromatic carbocycles. The van der Waals surface area contributed by atoms with Crippen molar-refractivity contribution in [1.82, 2.24) is 4.90 Å². The van der Waals surface area contributed by atoms with E-state index in [9.17, 15) is 0 Å². The highest BCUT2D eigenvalue weighted by molar-refractivity contribution is 4.84. The highest BCUT2D eigenvalue weighted by Gasteiger charge is 2.30. The van der Waals surface area contributed by atoms with Crippen LogP contribution in [0.3, 0.4) is 0 Å². The normalized spacial score (nSPS) is 25.9. The molecule has 0 aromatic heterocycles. The molecule has 0 N–H and O–H groups in total. The molecule has 1 aliphatic heterocycles. The minimum atomic E-state index is 0. The number of hydrogen-bond acceptors (Lipinski definition) is 1. The van der Waals surface area contributed by atoms with Crippen molar-refractivity contribution in [2.75, 3.05) is 20.1 Å². The van der Waals surface area contributed by atoms with Gasteiger partial charge in [-0.25, -0.2) is 0 Å². The lowest BCUT2D eigenvalue weighted by molar-refractivity contribution is 0.0570. The molecule has 0 aliphatic carbocycles. The van der Waals surface area contributed by atoms with E-state index >= 15 is 0 Å². The first-order chi connectivity index (χ1) is 3.10. The summed E-state index contributed by atoms with van der Waals surface area (Å²) >= 11 is 0. The van der Waals surface area contributed by atoms with Crippen molar-refractivity contribution in [1.29, 1.82) is 0 Å². The molecule has 0 atom stereocenters. The Morgan fingerprint density at radius 3 is 1.62 bits per heavy atom. The topological polar surface area (TPSA) is 3.24 Å². The fraction of sp³-hybridized carbons (Fsp3) is 1.00. The third-order valence-electron chi connectivity index (χ3n) is 1.40. The third kappa shape index (κ3) is 1.48. The summed E-state index contributed by atoms with van der Waals surface area (Å²) in [6.07, 6.45) is 0. The van der Waals surface area contributed by atoms with Gasteiger partial charge in [0.25, 0.3) is 0 Å². The molecule has 1 saturated heterocycles. The molecule has 8 heavy (non-hydrogen) atoms. The predicted octanol–water partition coefficient (Wildman–Crippen LogP) is 1.59. The second kappa shape index (κ2) is 2.06. The maximum absolute atomic E-state index is 2.33. The van der Waals surface area contributed by atoms with Gasteiger partial charge >= 0.3 is 0 Å². The molecule has 1 heterocycles. The predicted molar refractivity (Wildman–Crippen MR) is 38.0 cm³/mol. The van der Waals surface area contributed by atoms with Gasteiger partial charge in [0.05, 0.1) is 0 Å². The Balaban J connectivity index is 0.000000490. The van der Waals surface area contributed by atoms with Crippen molar-refractivity contribution >= 4 is 0 Å². The number of likely N-dealkylation sites (tertiary alicyclic amines) is 1. The second-order valence-electron chi connectivity index (χ2n) is 3.34. The van der Waals surface area contributed by atoms with Gasteiger partial charge in [-0.15, -0.1) is 0 Å². The Hall–Kier alpha value is -0.0400. The van der Waals surface area contributed by atoms with Crippen LogP contribution in [0.2, 0.25) is 0 Å². The molecule has 1 fully saturated rings. The summed E-state index contributed by atoms with van der Waals surface area (Å²) in [5, 5.41) is 0. The summed E-state index contributed by atoms with van der Waals surface area (Å²) in [5.41, 5.74) is 0.620. The lowest BCUT2D eigenvalue weighted by atomic mass is 9.85. The molecule has 0 saturated carbocycles. The van der Waals surface area contributed by atoms with Crippen LogP contribution in [0, 0.1) is 5.41 Å². The van der Waals surface area contributed by atoms with E-state index in [4.69, 9.17) is 0 Å². The van der Waals surface area contributed by atoms with E-state index in [1.165, 1.54) is 13.1 Å². The van der Waals surface area contributed by atoms with Crippen LogP contribution in [0.4, 0.5) is 0 Å². The number of hydrogen-bond donors (Lipinski definition) is 0. The zero-order chi connectivity index (χ0) is 5.49. The molecule has 1 aliphatic rings. The van der Waals surface area contributed by atoms with Gasteiger partial charge in [0.2, 0.25) is 0 Å². The maximum atomic E-state index is 2.33. The number of rotatable bonds is 0. The van der Waals surface area contributed by atoms with E-state index < -0.39 is 0 Å². The molecule has 0 unspecified atom stereocenters. The van der Waals surface area contributed by atoms with E-state index in [1.807, 2.05) is 0 Å². The molecule has 1 nitrogen and oxygen atoms in total. The second-order valence-corrected chi connectivity index (χ2v) is 3.34. The van der Waals surface area contributed by atoms with Crippen LogP contribution in [0.5, 0.6) is 0 Å². The summed E-state index contributed by atoms with van der Waals surface area (Å²) < 4.78 is 0. The van der Waals surface area contributed by atoms with Crippen molar-refractivity contribution in [2.45, 2.75) is 21.3 Å². The molecule has 0 spiro atoms. The monoisotopic (exact) mass is 115 g/mol. The summed E-state index contributed by atoms with van der Waals surface area (Å²) in [7, 11) is 2.16. The summed E-state index contributed by atoms with van der Waals surface area (Å²) in [4.78, 5) is 2.33. The number of nitrogens with zero attached hydrogens (tertiary/aromatic N) is 1. The van der Waals surface area contributed by atoms with Gasteiger partial charge in [0.15, 0.2) is 0 Å². The zero-order valence-electron chi connectivity index (χ0n) is 5.36. The quantitative estimate of drug-likeness (QED) is 0.463. The Morgan fingerprint density at radius 1 is 1.25 bits per heavy atom. The smallest absolute Gasteiger partial charge is 0.00421 e. The first kappa shape index (κ1) is 7.96. The molecule has 0 bridgehead atoms. The molecular weight excluding hydrogens is 98.1 g/mol. The zero-order valence-corrected chi connectivity index (χ0v) is 5.36. The SMILES string of the molecule is C.CN1CC(C)(C)C1. The van der Waals surface area contributed by atoms with Crippen LogP contribution in [-0.2, 0) is 0 Å². The average molecular weight is 115 g/mol. The van der Waals surface area contributed by atoms with Crippen molar-refractivity contribution < 1.29 is 0 Å². The van der Waals surface area contributed by atoms with Gasteiger partial charge in [0, 0.05) is 13.1 Å². The van der Waals surface area contributed by atoms with E-state index in [-0.39, 0.29) is 7.43 Å². The van der Waals surface area contributed by atoms with Crippen LogP contribution in [0.25, 0.3) is 0 Å².